The lowest BCUT2D eigenvalue weighted by atomic mass is 10.1. The second kappa shape index (κ2) is 5.65. The SMILES string of the molecule is O=C(O)COC(=O)CC(=O)c1ccccc1. The van der Waals surface area contributed by atoms with Crippen molar-refractivity contribution >= 4 is 17.7 Å². The molecule has 16 heavy (non-hydrogen) atoms. The zero-order valence-corrected chi connectivity index (χ0v) is 8.38. The summed E-state index contributed by atoms with van der Waals surface area (Å²) >= 11 is 0. The quantitative estimate of drug-likeness (QED) is 0.454. The second-order valence-electron chi connectivity index (χ2n) is 3.02. The molecule has 0 fully saturated rings. The molecule has 0 atom stereocenters. The number of carbonyl (C=O) groups excluding carboxylic acids is 2. The third kappa shape index (κ3) is 3.91. The van der Waals surface area contributed by atoms with Gasteiger partial charge in [0.2, 0.25) is 0 Å². The number of hydrogen-bond donors (Lipinski definition) is 1. The lowest BCUT2D eigenvalue weighted by Gasteiger charge is -2.01. The highest BCUT2D eigenvalue weighted by atomic mass is 16.5. The number of ether oxygens (including phenoxy) is 1. The van der Waals surface area contributed by atoms with Gasteiger partial charge in [0.25, 0.3) is 0 Å². The molecule has 1 N–H and O–H groups in total. The van der Waals surface area contributed by atoms with Crippen molar-refractivity contribution in [3.05, 3.63) is 35.9 Å². The van der Waals surface area contributed by atoms with Crippen molar-refractivity contribution in [3.8, 4) is 0 Å². The molecule has 5 heteroatoms. The van der Waals surface area contributed by atoms with Gasteiger partial charge in [-0.3, -0.25) is 9.59 Å². The first-order chi connectivity index (χ1) is 7.59. The Morgan fingerprint density at radius 1 is 1.12 bits per heavy atom. The molecule has 0 aliphatic rings. The third-order valence-corrected chi connectivity index (χ3v) is 1.76. The van der Waals surface area contributed by atoms with Crippen molar-refractivity contribution in [2.45, 2.75) is 6.42 Å². The molecule has 1 aromatic carbocycles. The van der Waals surface area contributed by atoms with E-state index < -0.39 is 30.7 Å². The van der Waals surface area contributed by atoms with Gasteiger partial charge in [-0.25, -0.2) is 4.79 Å². The number of hydrogen-bond acceptors (Lipinski definition) is 4. The molecule has 1 rings (SSSR count). The Hall–Kier alpha value is -2.17. The molecule has 84 valence electrons. The van der Waals surface area contributed by atoms with E-state index in [2.05, 4.69) is 4.74 Å². The largest absolute Gasteiger partial charge is 0.479 e. The number of ketones is 1. The zero-order valence-electron chi connectivity index (χ0n) is 8.38. The van der Waals surface area contributed by atoms with Gasteiger partial charge in [0.1, 0.15) is 6.42 Å². The topological polar surface area (TPSA) is 80.7 Å². The summed E-state index contributed by atoms with van der Waals surface area (Å²) in [6.07, 6.45) is -0.447. The van der Waals surface area contributed by atoms with Crippen molar-refractivity contribution < 1.29 is 24.2 Å². The van der Waals surface area contributed by atoms with Gasteiger partial charge in [-0.2, -0.15) is 0 Å². The summed E-state index contributed by atoms with van der Waals surface area (Å²) < 4.78 is 4.34. The first-order valence-corrected chi connectivity index (χ1v) is 4.55. The number of Topliss-reactive ketones (excluding diaryl/α,β-unsaturated/α-hetero) is 1. The van der Waals surface area contributed by atoms with E-state index in [9.17, 15) is 14.4 Å². The maximum Gasteiger partial charge on any atom is 0.341 e. The molecular formula is C11H10O5. The number of carboxylic acids is 1. The highest BCUT2D eigenvalue weighted by molar-refractivity contribution is 6.06. The third-order valence-electron chi connectivity index (χ3n) is 1.76. The average Bonchev–Trinajstić information content (AvgIpc) is 2.27. The predicted molar refractivity (Wildman–Crippen MR) is 54.0 cm³/mol. The van der Waals surface area contributed by atoms with Crippen LogP contribution < -0.4 is 0 Å². The van der Waals surface area contributed by atoms with Gasteiger partial charge in [-0.1, -0.05) is 30.3 Å². The smallest absolute Gasteiger partial charge is 0.341 e. The molecule has 5 nitrogen and oxygen atoms in total. The molecule has 0 bridgehead atoms. The zero-order chi connectivity index (χ0) is 12.0. The van der Waals surface area contributed by atoms with Crippen LogP contribution in [-0.4, -0.2) is 29.4 Å². The summed E-state index contributed by atoms with van der Waals surface area (Å²) in [5.41, 5.74) is 0.398. The minimum absolute atomic E-state index is 0.393. The standard InChI is InChI=1S/C11H10O5/c12-9(8-4-2-1-3-5-8)6-11(15)16-7-10(13)14/h1-5H,6-7H2,(H,13,14). The van der Waals surface area contributed by atoms with E-state index in [1.54, 1.807) is 30.3 Å². The fraction of sp³-hybridized carbons (Fsp3) is 0.182. The van der Waals surface area contributed by atoms with E-state index in [4.69, 9.17) is 5.11 Å². The Labute approximate surface area is 91.6 Å². The summed E-state index contributed by atoms with van der Waals surface area (Å²) in [4.78, 5) is 32.6. The van der Waals surface area contributed by atoms with Crippen molar-refractivity contribution in [2.24, 2.45) is 0 Å². The van der Waals surface area contributed by atoms with Crippen LogP contribution >= 0.6 is 0 Å². The maximum atomic E-state index is 11.5. The molecule has 0 aromatic heterocycles. The van der Waals surface area contributed by atoms with E-state index in [1.807, 2.05) is 0 Å². The molecule has 0 saturated carbocycles. The van der Waals surface area contributed by atoms with E-state index >= 15 is 0 Å². The van der Waals surface area contributed by atoms with E-state index in [0.717, 1.165) is 0 Å². The van der Waals surface area contributed by atoms with Gasteiger partial charge < -0.3 is 9.84 Å². The fourth-order valence-electron chi connectivity index (χ4n) is 1.05. The molecule has 0 saturated heterocycles. The van der Waals surface area contributed by atoms with Crippen LogP contribution in [0.4, 0.5) is 0 Å². The Kier molecular flexibility index (Phi) is 4.20. The number of aliphatic carboxylic acids is 1. The van der Waals surface area contributed by atoms with Crippen LogP contribution in [0.1, 0.15) is 16.8 Å². The molecule has 0 aliphatic heterocycles. The van der Waals surface area contributed by atoms with Crippen molar-refractivity contribution in [2.75, 3.05) is 6.61 Å². The molecule has 0 unspecified atom stereocenters. The summed E-state index contributed by atoms with van der Waals surface area (Å²) in [5, 5.41) is 8.25. The highest BCUT2D eigenvalue weighted by Crippen LogP contribution is 2.03. The summed E-state index contributed by atoms with van der Waals surface area (Å²) in [6, 6.07) is 8.25. The van der Waals surface area contributed by atoms with Crippen LogP contribution in [0.15, 0.2) is 30.3 Å². The van der Waals surface area contributed by atoms with Gasteiger partial charge in [-0.15, -0.1) is 0 Å². The number of rotatable bonds is 5. The lowest BCUT2D eigenvalue weighted by molar-refractivity contribution is -0.154. The van der Waals surface area contributed by atoms with Gasteiger partial charge >= 0.3 is 11.9 Å². The molecule has 0 amide bonds. The number of benzene rings is 1. The van der Waals surface area contributed by atoms with Crippen LogP contribution in [0.2, 0.25) is 0 Å². The minimum Gasteiger partial charge on any atom is -0.479 e. The van der Waals surface area contributed by atoms with Crippen LogP contribution in [0.25, 0.3) is 0 Å². The van der Waals surface area contributed by atoms with Gasteiger partial charge in [-0.05, 0) is 0 Å². The Morgan fingerprint density at radius 3 is 2.31 bits per heavy atom. The van der Waals surface area contributed by atoms with E-state index in [-0.39, 0.29) is 0 Å². The molecule has 1 aromatic rings. The Morgan fingerprint density at radius 2 is 1.75 bits per heavy atom. The van der Waals surface area contributed by atoms with Crippen molar-refractivity contribution in [1.29, 1.82) is 0 Å². The molecule has 0 radical (unpaired) electrons. The van der Waals surface area contributed by atoms with Crippen LogP contribution in [0.3, 0.4) is 0 Å². The van der Waals surface area contributed by atoms with Crippen LogP contribution in [-0.2, 0) is 14.3 Å². The highest BCUT2D eigenvalue weighted by Gasteiger charge is 2.13. The lowest BCUT2D eigenvalue weighted by Crippen LogP contribution is -2.16. The van der Waals surface area contributed by atoms with Gasteiger partial charge in [0.15, 0.2) is 12.4 Å². The van der Waals surface area contributed by atoms with Gasteiger partial charge in [0, 0.05) is 5.56 Å². The maximum absolute atomic E-state index is 11.5. The Balaban J connectivity index is 2.46. The first-order valence-electron chi connectivity index (χ1n) is 4.55. The van der Waals surface area contributed by atoms with Gasteiger partial charge in [0.05, 0.1) is 0 Å². The molecule has 0 heterocycles. The van der Waals surface area contributed by atoms with Crippen molar-refractivity contribution in [3.63, 3.8) is 0 Å². The molecule has 0 spiro atoms. The van der Waals surface area contributed by atoms with E-state index in [0.29, 0.717) is 5.56 Å². The van der Waals surface area contributed by atoms with Crippen LogP contribution in [0, 0.1) is 0 Å². The minimum atomic E-state index is -1.25. The number of carboxylic acid groups (broad SMARTS) is 1. The first kappa shape index (κ1) is 11.9. The summed E-state index contributed by atoms with van der Waals surface area (Å²) in [5.74, 6) is -2.48. The summed E-state index contributed by atoms with van der Waals surface area (Å²) in [7, 11) is 0. The molecule has 0 aliphatic carbocycles. The predicted octanol–water partition coefficient (Wildman–Crippen LogP) is 0.887. The van der Waals surface area contributed by atoms with Crippen LogP contribution in [0.5, 0.6) is 0 Å². The Bertz CT molecular complexity index is 396. The number of esters is 1. The van der Waals surface area contributed by atoms with E-state index in [1.165, 1.54) is 0 Å². The average molecular weight is 222 g/mol. The second-order valence-corrected chi connectivity index (χ2v) is 3.02. The molecular weight excluding hydrogens is 212 g/mol. The fourth-order valence-corrected chi connectivity index (χ4v) is 1.05. The van der Waals surface area contributed by atoms with Crippen molar-refractivity contribution in [1.82, 2.24) is 0 Å². The monoisotopic (exact) mass is 222 g/mol. The number of carbonyl (C=O) groups is 3. The normalized spacial score (nSPS) is 9.50. The summed E-state index contributed by atoms with van der Waals surface area (Å²) in [6.45, 7) is -0.721.